The lowest BCUT2D eigenvalue weighted by Gasteiger charge is -2.06. The van der Waals surface area contributed by atoms with Crippen LogP contribution in [0.1, 0.15) is 0 Å². The zero-order chi connectivity index (χ0) is 12.0. The lowest BCUT2D eigenvalue weighted by molar-refractivity contribution is -0.133. The van der Waals surface area contributed by atoms with Crippen molar-refractivity contribution in [2.45, 2.75) is 0 Å². The van der Waals surface area contributed by atoms with E-state index in [-0.39, 0.29) is 17.4 Å². The van der Waals surface area contributed by atoms with Crippen molar-refractivity contribution in [3.8, 4) is 0 Å². The van der Waals surface area contributed by atoms with E-state index in [1.165, 1.54) is 0 Å². The molecule has 0 fully saturated rings. The molecule has 0 saturated heterocycles. The van der Waals surface area contributed by atoms with E-state index in [4.69, 9.17) is 10.8 Å². The fourth-order valence-corrected chi connectivity index (χ4v) is 1.56. The van der Waals surface area contributed by atoms with E-state index in [1.54, 1.807) is 24.3 Å². The maximum atomic E-state index is 11.4. The van der Waals surface area contributed by atoms with Crippen molar-refractivity contribution in [3.05, 3.63) is 24.3 Å². The van der Waals surface area contributed by atoms with Gasteiger partial charge in [-0.1, -0.05) is 12.1 Å². The van der Waals surface area contributed by atoms with E-state index >= 15 is 0 Å². The van der Waals surface area contributed by atoms with E-state index in [9.17, 15) is 9.59 Å². The Morgan fingerprint density at radius 2 is 2.00 bits per heavy atom. The number of hydrogen-bond donors (Lipinski definition) is 3. The summed E-state index contributed by atoms with van der Waals surface area (Å²) in [6, 6.07) is 6.90. The van der Waals surface area contributed by atoms with Crippen LogP contribution in [0, 0.1) is 0 Å². The predicted octanol–water partition coefficient (Wildman–Crippen LogP) is 1.03. The number of thioether (sulfide) groups is 1. The quantitative estimate of drug-likeness (QED) is 0.668. The number of benzene rings is 1. The van der Waals surface area contributed by atoms with Crippen molar-refractivity contribution >= 4 is 35.0 Å². The van der Waals surface area contributed by atoms with E-state index in [0.29, 0.717) is 11.4 Å². The van der Waals surface area contributed by atoms with Crippen molar-refractivity contribution in [2.24, 2.45) is 0 Å². The van der Waals surface area contributed by atoms with Crippen molar-refractivity contribution in [1.82, 2.24) is 0 Å². The third-order valence-electron chi connectivity index (χ3n) is 1.69. The first-order valence-electron chi connectivity index (χ1n) is 4.53. The van der Waals surface area contributed by atoms with Crippen LogP contribution in [0.2, 0.25) is 0 Å². The second kappa shape index (κ2) is 6.02. The summed E-state index contributed by atoms with van der Waals surface area (Å²) in [6.07, 6.45) is 0. The summed E-state index contributed by atoms with van der Waals surface area (Å²) in [7, 11) is 0. The second-order valence-corrected chi connectivity index (χ2v) is 4.01. The maximum Gasteiger partial charge on any atom is 0.313 e. The Morgan fingerprint density at radius 3 is 2.62 bits per heavy atom. The third-order valence-corrected chi connectivity index (χ3v) is 2.61. The van der Waals surface area contributed by atoms with Crippen LogP contribution in [0.5, 0.6) is 0 Å². The number of carbonyl (C=O) groups is 2. The molecule has 0 aliphatic heterocycles. The lowest BCUT2D eigenvalue weighted by Crippen LogP contribution is -2.16. The first-order chi connectivity index (χ1) is 7.59. The van der Waals surface area contributed by atoms with Crippen LogP contribution in [0.4, 0.5) is 11.4 Å². The molecule has 0 aliphatic rings. The number of anilines is 2. The summed E-state index contributed by atoms with van der Waals surface area (Å²) in [4.78, 5) is 21.6. The van der Waals surface area contributed by atoms with E-state index in [1.807, 2.05) is 0 Å². The van der Waals surface area contributed by atoms with Crippen LogP contribution in [0.3, 0.4) is 0 Å². The summed E-state index contributed by atoms with van der Waals surface area (Å²) < 4.78 is 0. The van der Waals surface area contributed by atoms with E-state index < -0.39 is 5.97 Å². The average molecular weight is 240 g/mol. The Labute approximate surface area is 97.0 Å². The summed E-state index contributed by atoms with van der Waals surface area (Å²) in [5.41, 5.74) is 6.66. The normalized spacial score (nSPS) is 9.75. The fourth-order valence-electron chi connectivity index (χ4n) is 1.03. The molecule has 0 aromatic heterocycles. The molecule has 0 unspecified atom stereocenters. The van der Waals surface area contributed by atoms with Crippen LogP contribution in [-0.2, 0) is 9.59 Å². The molecule has 0 saturated carbocycles. The minimum absolute atomic E-state index is 0.0856. The zero-order valence-corrected chi connectivity index (χ0v) is 9.29. The molecule has 16 heavy (non-hydrogen) atoms. The fraction of sp³-hybridized carbons (Fsp3) is 0.200. The molecule has 6 heteroatoms. The smallest absolute Gasteiger partial charge is 0.313 e. The van der Waals surface area contributed by atoms with Gasteiger partial charge in [0.2, 0.25) is 5.91 Å². The Kier molecular flexibility index (Phi) is 4.65. The molecule has 0 heterocycles. The van der Waals surface area contributed by atoms with Gasteiger partial charge < -0.3 is 16.2 Å². The molecule has 1 aromatic carbocycles. The highest BCUT2D eigenvalue weighted by atomic mass is 32.2. The number of carboxylic acids is 1. The summed E-state index contributed by atoms with van der Waals surface area (Å²) in [5.74, 6) is -1.18. The van der Waals surface area contributed by atoms with Crippen LogP contribution in [0.25, 0.3) is 0 Å². The van der Waals surface area contributed by atoms with Gasteiger partial charge in [0.1, 0.15) is 0 Å². The van der Waals surface area contributed by atoms with Crippen molar-refractivity contribution in [3.63, 3.8) is 0 Å². The minimum Gasteiger partial charge on any atom is -0.481 e. The van der Waals surface area contributed by atoms with Crippen molar-refractivity contribution in [1.29, 1.82) is 0 Å². The molecule has 4 N–H and O–H groups in total. The highest BCUT2D eigenvalue weighted by Gasteiger charge is 2.06. The van der Waals surface area contributed by atoms with Gasteiger partial charge in [-0.05, 0) is 12.1 Å². The minimum atomic E-state index is -0.933. The SMILES string of the molecule is Nc1ccccc1NC(=O)CSCC(=O)O. The molecule has 0 atom stereocenters. The average Bonchev–Trinajstić information content (AvgIpc) is 2.21. The van der Waals surface area contributed by atoms with Crippen molar-refractivity contribution < 1.29 is 14.7 Å². The topological polar surface area (TPSA) is 92.4 Å². The third kappa shape index (κ3) is 4.22. The van der Waals surface area contributed by atoms with E-state index in [2.05, 4.69) is 5.32 Å². The second-order valence-electron chi connectivity index (χ2n) is 3.02. The van der Waals surface area contributed by atoms with Crippen LogP contribution >= 0.6 is 11.8 Å². The molecule has 0 spiro atoms. The molecule has 0 radical (unpaired) electrons. The van der Waals surface area contributed by atoms with Gasteiger partial charge in [-0.25, -0.2) is 0 Å². The number of nitrogen functional groups attached to an aromatic ring is 1. The van der Waals surface area contributed by atoms with E-state index in [0.717, 1.165) is 11.8 Å². The molecular weight excluding hydrogens is 228 g/mol. The molecule has 0 aliphatic carbocycles. The number of rotatable bonds is 5. The van der Waals surface area contributed by atoms with Gasteiger partial charge in [0.05, 0.1) is 22.9 Å². The van der Waals surface area contributed by atoms with Gasteiger partial charge >= 0.3 is 5.97 Å². The number of aliphatic carboxylic acids is 1. The predicted molar refractivity (Wildman–Crippen MR) is 64.4 cm³/mol. The molecule has 1 amide bonds. The lowest BCUT2D eigenvalue weighted by atomic mass is 10.3. The van der Waals surface area contributed by atoms with Gasteiger partial charge in [-0.2, -0.15) is 0 Å². The van der Waals surface area contributed by atoms with Gasteiger partial charge in [0.25, 0.3) is 0 Å². The Bertz CT molecular complexity index is 395. The standard InChI is InChI=1S/C10H12N2O3S/c11-7-3-1-2-4-8(7)12-9(13)5-16-6-10(14)15/h1-4H,5-6,11H2,(H,12,13)(H,14,15). The van der Waals surface area contributed by atoms with Gasteiger partial charge in [0, 0.05) is 0 Å². The molecule has 86 valence electrons. The van der Waals surface area contributed by atoms with Crippen LogP contribution in [0.15, 0.2) is 24.3 Å². The van der Waals surface area contributed by atoms with Crippen LogP contribution in [-0.4, -0.2) is 28.5 Å². The Balaban J connectivity index is 2.40. The first kappa shape index (κ1) is 12.4. The molecule has 1 aromatic rings. The molecule has 0 bridgehead atoms. The Morgan fingerprint density at radius 1 is 1.31 bits per heavy atom. The van der Waals surface area contributed by atoms with Gasteiger partial charge in [-0.15, -0.1) is 11.8 Å². The van der Waals surface area contributed by atoms with Gasteiger partial charge in [-0.3, -0.25) is 9.59 Å². The summed E-state index contributed by atoms with van der Waals surface area (Å²) >= 11 is 1.04. The number of para-hydroxylation sites is 2. The number of nitrogens with one attached hydrogen (secondary N) is 1. The first-order valence-corrected chi connectivity index (χ1v) is 5.69. The number of carbonyl (C=O) groups excluding carboxylic acids is 1. The molecular formula is C10H12N2O3S. The number of hydrogen-bond acceptors (Lipinski definition) is 4. The summed E-state index contributed by atoms with van der Waals surface area (Å²) in [5, 5.41) is 11.0. The van der Waals surface area contributed by atoms with Crippen LogP contribution < -0.4 is 11.1 Å². The highest BCUT2D eigenvalue weighted by Crippen LogP contribution is 2.16. The number of nitrogens with two attached hydrogens (primary N) is 1. The number of carboxylic acid groups (broad SMARTS) is 1. The number of amides is 1. The largest absolute Gasteiger partial charge is 0.481 e. The highest BCUT2D eigenvalue weighted by molar-refractivity contribution is 8.00. The monoisotopic (exact) mass is 240 g/mol. The van der Waals surface area contributed by atoms with Crippen molar-refractivity contribution in [2.75, 3.05) is 22.6 Å². The molecule has 5 nitrogen and oxygen atoms in total. The van der Waals surface area contributed by atoms with Gasteiger partial charge in [0.15, 0.2) is 0 Å². The maximum absolute atomic E-state index is 11.4. The Hall–Kier alpha value is -1.69. The molecule has 1 rings (SSSR count). The zero-order valence-electron chi connectivity index (χ0n) is 8.47. The summed E-state index contributed by atoms with van der Waals surface area (Å²) in [6.45, 7) is 0.